The molecule has 3 heterocycles. The van der Waals surface area contributed by atoms with E-state index in [1.807, 2.05) is 45.0 Å². The number of carboxylic acids is 1. The first-order valence-corrected chi connectivity index (χ1v) is 18.9. The lowest BCUT2D eigenvalue weighted by Crippen LogP contribution is -2.30. The number of carbonyl (C=O) groups is 1. The second kappa shape index (κ2) is 13.2. The first-order chi connectivity index (χ1) is 23.9. The molecule has 2 aromatic heterocycles. The summed E-state index contributed by atoms with van der Waals surface area (Å²) in [5, 5.41) is 15.2. The number of carboxylic acid groups (broad SMARTS) is 1. The highest BCUT2D eigenvalue weighted by molar-refractivity contribution is 7.91. The SMILES string of the molecule is Cn1nc2nc1-c1cc(ccc1F)Oc1c(F)cc3[nH]ccc3c1CCS(=O)(=O)CC(C)(C)CCC[C@]2(C)c1cccc(CC(C)(C)C(=O)O)c1. The fourth-order valence-corrected chi connectivity index (χ4v) is 9.20. The number of aromatic nitrogens is 4. The van der Waals surface area contributed by atoms with Crippen molar-refractivity contribution in [2.45, 2.75) is 72.1 Å². The fourth-order valence-electron chi connectivity index (χ4n) is 7.21. The van der Waals surface area contributed by atoms with Gasteiger partial charge >= 0.3 is 5.97 Å². The zero-order valence-electron chi connectivity index (χ0n) is 29.8. The molecule has 0 unspecified atom stereocenters. The molecule has 1 aliphatic heterocycles. The molecule has 270 valence electrons. The first-order valence-electron chi connectivity index (χ1n) is 17.1. The number of halogens is 2. The third kappa shape index (κ3) is 7.42. The molecule has 5 aromatic rings. The monoisotopic (exact) mass is 718 g/mol. The molecule has 9 nitrogen and oxygen atoms in total. The second-order valence-corrected chi connectivity index (χ2v) is 17.7. The van der Waals surface area contributed by atoms with Crippen LogP contribution in [0.2, 0.25) is 0 Å². The number of H-pyrrole nitrogens is 1. The highest BCUT2D eigenvalue weighted by Crippen LogP contribution is 2.41. The van der Waals surface area contributed by atoms with E-state index >= 15 is 8.78 Å². The molecule has 3 aromatic carbocycles. The van der Waals surface area contributed by atoms with Gasteiger partial charge in [0.2, 0.25) is 0 Å². The van der Waals surface area contributed by atoms with E-state index in [9.17, 15) is 18.3 Å². The molecule has 0 radical (unpaired) electrons. The Kier molecular flexibility index (Phi) is 9.37. The van der Waals surface area contributed by atoms with E-state index in [1.54, 1.807) is 33.2 Å². The average Bonchev–Trinajstić information content (AvgIpc) is 3.67. The molecule has 0 saturated carbocycles. The molecule has 0 amide bonds. The van der Waals surface area contributed by atoms with Crippen LogP contribution in [0.15, 0.2) is 60.8 Å². The number of aliphatic carboxylic acids is 1. The topological polar surface area (TPSA) is 127 Å². The van der Waals surface area contributed by atoms with Gasteiger partial charge in [-0.05, 0) is 87.3 Å². The summed E-state index contributed by atoms with van der Waals surface area (Å²) in [5.41, 5.74) is 0.321. The van der Waals surface area contributed by atoms with Crippen LogP contribution in [0.5, 0.6) is 11.5 Å². The number of fused-ring (bicyclic) bond motifs is 8. The van der Waals surface area contributed by atoms with Crippen LogP contribution in [0.3, 0.4) is 0 Å². The number of ether oxygens (including phenoxy) is 1. The van der Waals surface area contributed by atoms with Crippen LogP contribution < -0.4 is 4.74 Å². The van der Waals surface area contributed by atoms with Gasteiger partial charge in [-0.3, -0.25) is 4.79 Å². The number of aromatic amines is 1. The molecule has 4 bridgehead atoms. The van der Waals surface area contributed by atoms with Crippen LogP contribution in [0.25, 0.3) is 22.3 Å². The maximum atomic E-state index is 15.7. The zero-order valence-corrected chi connectivity index (χ0v) is 30.6. The molecular weight excluding hydrogens is 675 g/mol. The normalized spacial score (nSPS) is 19.5. The van der Waals surface area contributed by atoms with E-state index in [-0.39, 0.29) is 40.8 Å². The van der Waals surface area contributed by atoms with Crippen molar-refractivity contribution in [2.24, 2.45) is 17.9 Å². The first kappa shape index (κ1) is 36.2. The molecule has 12 heteroatoms. The lowest BCUT2D eigenvalue weighted by atomic mass is 9.74. The summed E-state index contributed by atoms with van der Waals surface area (Å²) < 4.78 is 66.3. The number of benzene rings is 3. The van der Waals surface area contributed by atoms with Crippen molar-refractivity contribution in [2.75, 3.05) is 11.5 Å². The van der Waals surface area contributed by atoms with Crippen LogP contribution in [0, 0.1) is 22.5 Å². The zero-order chi connectivity index (χ0) is 36.9. The average molecular weight is 719 g/mol. The van der Waals surface area contributed by atoms with Crippen molar-refractivity contribution in [1.29, 1.82) is 0 Å². The summed E-state index contributed by atoms with van der Waals surface area (Å²) in [5.74, 6) is -1.72. The quantitative estimate of drug-likeness (QED) is 0.192. The summed E-state index contributed by atoms with van der Waals surface area (Å²) in [6, 6.07) is 14.8. The van der Waals surface area contributed by atoms with Crippen molar-refractivity contribution >= 4 is 26.7 Å². The summed E-state index contributed by atoms with van der Waals surface area (Å²) in [7, 11) is -1.92. The minimum atomic E-state index is -3.60. The van der Waals surface area contributed by atoms with Crippen LogP contribution >= 0.6 is 0 Å². The lowest BCUT2D eigenvalue weighted by Gasteiger charge is -2.31. The van der Waals surface area contributed by atoms with E-state index in [4.69, 9.17) is 14.8 Å². The van der Waals surface area contributed by atoms with Gasteiger partial charge in [-0.15, -0.1) is 0 Å². The van der Waals surface area contributed by atoms with E-state index in [1.165, 1.54) is 28.9 Å². The summed E-state index contributed by atoms with van der Waals surface area (Å²) in [6.07, 6.45) is 3.71. The Labute approximate surface area is 297 Å². The van der Waals surface area contributed by atoms with Crippen LogP contribution in [-0.2, 0) is 39.9 Å². The molecule has 0 fully saturated rings. The predicted molar refractivity (Wildman–Crippen MR) is 193 cm³/mol. The number of hydrogen-bond donors (Lipinski definition) is 2. The number of rotatable bonds is 4. The molecule has 1 aliphatic rings. The molecule has 1 atom stereocenters. The van der Waals surface area contributed by atoms with Crippen LogP contribution in [-0.4, -0.2) is 50.7 Å². The van der Waals surface area contributed by atoms with Gasteiger partial charge in [0.1, 0.15) is 11.6 Å². The van der Waals surface area contributed by atoms with E-state index < -0.39 is 43.7 Å². The van der Waals surface area contributed by atoms with Gasteiger partial charge in [-0.25, -0.2) is 26.9 Å². The van der Waals surface area contributed by atoms with Gasteiger partial charge in [0.25, 0.3) is 0 Å². The van der Waals surface area contributed by atoms with Gasteiger partial charge in [0.15, 0.2) is 33.1 Å². The summed E-state index contributed by atoms with van der Waals surface area (Å²) in [4.78, 5) is 19.9. The maximum Gasteiger partial charge on any atom is 0.309 e. The highest BCUT2D eigenvalue weighted by Gasteiger charge is 2.37. The third-order valence-electron chi connectivity index (χ3n) is 10.1. The molecule has 0 saturated heterocycles. The minimum Gasteiger partial charge on any atom is -0.481 e. The molecule has 6 rings (SSSR count). The number of nitrogens with one attached hydrogen (secondary N) is 1. The fraction of sp³-hybridized carbons (Fsp3) is 0.410. The van der Waals surface area contributed by atoms with Crippen molar-refractivity contribution < 1.29 is 31.8 Å². The van der Waals surface area contributed by atoms with Gasteiger partial charge < -0.3 is 14.8 Å². The van der Waals surface area contributed by atoms with E-state index in [2.05, 4.69) is 4.98 Å². The summed E-state index contributed by atoms with van der Waals surface area (Å²) in [6.45, 7) is 9.24. The standard InChI is InChI=1S/C39H44F2N4O5S/c1-37(2)15-8-16-39(5,25-10-7-9-24(19-25)22-38(3,4)36(46)47)35-43-34(45(6)44-35)29-20-26(11-12-30(29)40)50-33-28(14-18-51(48,49)23-37)27-13-17-42-32(27)21-31(33)41/h7,9-13,17,19-21,42H,8,14-16,18,22-23H2,1-6H3,(H,46,47)/t39-/m1/s1. The Bertz CT molecular complexity index is 2240. The van der Waals surface area contributed by atoms with E-state index in [0.717, 1.165) is 11.1 Å². The van der Waals surface area contributed by atoms with Crippen molar-refractivity contribution in [3.63, 3.8) is 0 Å². The minimum absolute atomic E-state index is 0.0215. The van der Waals surface area contributed by atoms with Crippen LogP contribution in [0.4, 0.5) is 8.78 Å². The molecule has 51 heavy (non-hydrogen) atoms. The summed E-state index contributed by atoms with van der Waals surface area (Å²) >= 11 is 0. The maximum absolute atomic E-state index is 15.7. The molecule has 2 N–H and O–H groups in total. The smallest absolute Gasteiger partial charge is 0.309 e. The Balaban J connectivity index is 1.50. The number of aryl methyl sites for hydroxylation is 2. The number of nitrogens with zero attached hydrogens (tertiary/aromatic N) is 3. The van der Waals surface area contributed by atoms with Crippen molar-refractivity contribution in [3.8, 4) is 22.9 Å². The van der Waals surface area contributed by atoms with Gasteiger partial charge in [0.05, 0.1) is 27.9 Å². The molecule has 0 aliphatic carbocycles. The van der Waals surface area contributed by atoms with Crippen LogP contribution in [0.1, 0.15) is 76.4 Å². The number of sulfone groups is 1. The largest absolute Gasteiger partial charge is 0.481 e. The van der Waals surface area contributed by atoms with Crippen molar-refractivity contribution in [3.05, 3.63) is 94.9 Å². The Morgan fingerprint density at radius 3 is 2.57 bits per heavy atom. The number of hydrogen-bond acceptors (Lipinski definition) is 6. The van der Waals surface area contributed by atoms with Crippen molar-refractivity contribution in [1.82, 2.24) is 19.7 Å². The lowest BCUT2D eigenvalue weighted by molar-refractivity contribution is -0.146. The Morgan fingerprint density at radius 1 is 1.06 bits per heavy atom. The van der Waals surface area contributed by atoms with Gasteiger partial charge in [-0.1, -0.05) is 44.5 Å². The van der Waals surface area contributed by atoms with E-state index in [0.29, 0.717) is 48.0 Å². The Morgan fingerprint density at radius 2 is 1.82 bits per heavy atom. The second-order valence-electron chi connectivity index (χ2n) is 15.5. The Hall–Kier alpha value is -4.58. The predicted octanol–water partition coefficient (Wildman–Crippen LogP) is 8.16. The third-order valence-corrected chi connectivity index (χ3v) is 12.2. The molecule has 0 spiro atoms. The highest BCUT2D eigenvalue weighted by atomic mass is 32.2. The van der Waals surface area contributed by atoms with Gasteiger partial charge in [-0.2, -0.15) is 5.10 Å². The molecular formula is C39H44F2N4O5S. The van der Waals surface area contributed by atoms with Gasteiger partial charge in [0, 0.05) is 35.8 Å².